The van der Waals surface area contributed by atoms with Gasteiger partial charge in [0, 0.05) is 24.2 Å². The summed E-state index contributed by atoms with van der Waals surface area (Å²) >= 11 is 0. The summed E-state index contributed by atoms with van der Waals surface area (Å²) in [6.07, 6.45) is -4.54. The lowest BCUT2D eigenvalue weighted by Gasteiger charge is -2.29. The molecule has 1 saturated heterocycles. The number of rotatable bonds is 1. The highest BCUT2D eigenvalue weighted by Crippen LogP contribution is 2.39. The summed E-state index contributed by atoms with van der Waals surface area (Å²) in [7, 11) is 0. The smallest absolute Gasteiger partial charge is 0.399 e. The Morgan fingerprint density at radius 3 is 2.52 bits per heavy atom. The van der Waals surface area contributed by atoms with Crippen molar-refractivity contribution in [1.29, 1.82) is 0 Å². The summed E-state index contributed by atoms with van der Waals surface area (Å²) in [5.41, 5.74) is 3.97. The molecule has 1 aromatic rings. The number of benzene rings is 1. The highest BCUT2D eigenvalue weighted by molar-refractivity contribution is 6.05. The van der Waals surface area contributed by atoms with E-state index in [1.54, 1.807) is 0 Å². The lowest BCUT2D eigenvalue weighted by atomic mass is 10.0. The first-order valence-electron chi connectivity index (χ1n) is 6.82. The van der Waals surface area contributed by atoms with Gasteiger partial charge in [-0.05, 0) is 24.1 Å². The lowest BCUT2D eigenvalue weighted by Crippen LogP contribution is -2.52. The van der Waals surface area contributed by atoms with Crippen molar-refractivity contribution in [1.82, 2.24) is 10.2 Å². The topological polar surface area (TPSA) is 92.5 Å². The van der Waals surface area contributed by atoms with Gasteiger partial charge in [-0.2, -0.15) is 13.2 Å². The third kappa shape index (κ3) is 2.51. The SMILES string of the molecule is Nc1cc2c(c(C(F)(F)F)c1)CN(C1CCC(=O)NC1=O)C2=O. The van der Waals surface area contributed by atoms with E-state index in [0.29, 0.717) is 0 Å². The van der Waals surface area contributed by atoms with Crippen molar-refractivity contribution in [2.24, 2.45) is 0 Å². The average molecular weight is 327 g/mol. The number of hydrogen-bond donors (Lipinski definition) is 2. The third-order valence-corrected chi connectivity index (χ3v) is 3.98. The van der Waals surface area contributed by atoms with Crippen LogP contribution in [0, 0.1) is 0 Å². The van der Waals surface area contributed by atoms with Crippen molar-refractivity contribution >= 4 is 23.4 Å². The van der Waals surface area contributed by atoms with Gasteiger partial charge in [0.1, 0.15) is 6.04 Å². The molecule has 1 atom stereocenters. The van der Waals surface area contributed by atoms with E-state index in [9.17, 15) is 27.6 Å². The number of alkyl halides is 3. The number of amides is 3. The quantitative estimate of drug-likeness (QED) is 0.596. The van der Waals surface area contributed by atoms with Crippen LogP contribution in [0.4, 0.5) is 18.9 Å². The fourth-order valence-electron chi connectivity index (χ4n) is 2.94. The molecule has 1 aromatic carbocycles. The second kappa shape index (κ2) is 4.97. The number of imide groups is 1. The van der Waals surface area contributed by atoms with Crippen LogP contribution in [0.1, 0.15) is 34.3 Å². The third-order valence-electron chi connectivity index (χ3n) is 3.98. The molecule has 3 amide bonds. The van der Waals surface area contributed by atoms with Crippen LogP contribution in [0.3, 0.4) is 0 Å². The first kappa shape index (κ1) is 15.3. The van der Waals surface area contributed by atoms with Gasteiger partial charge in [-0.3, -0.25) is 19.7 Å². The fourth-order valence-corrected chi connectivity index (χ4v) is 2.94. The average Bonchev–Trinajstić information content (AvgIpc) is 2.74. The number of nitrogens with two attached hydrogens (primary N) is 1. The van der Waals surface area contributed by atoms with E-state index in [1.165, 1.54) is 6.07 Å². The molecule has 2 aliphatic rings. The molecular formula is C14H12F3N3O3. The predicted molar refractivity (Wildman–Crippen MR) is 71.9 cm³/mol. The van der Waals surface area contributed by atoms with Crippen LogP contribution < -0.4 is 11.1 Å². The molecule has 2 heterocycles. The highest BCUT2D eigenvalue weighted by atomic mass is 19.4. The minimum Gasteiger partial charge on any atom is -0.399 e. The molecule has 1 fully saturated rings. The second-order valence-corrected chi connectivity index (χ2v) is 5.49. The van der Waals surface area contributed by atoms with Gasteiger partial charge in [0.25, 0.3) is 5.91 Å². The number of carbonyl (C=O) groups excluding carboxylic acids is 3. The minimum atomic E-state index is -4.65. The number of nitrogens with zero attached hydrogens (tertiary/aromatic N) is 1. The summed E-state index contributed by atoms with van der Waals surface area (Å²) in [4.78, 5) is 36.5. The number of hydrogen-bond acceptors (Lipinski definition) is 4. The lowest BCUT2D eigenvalue weighted by molar-refractivity contribution is -0.138. The van der Waals surface area contributed by atoms with Crippen molar-refractivity contribution in [2.45, 2.75) is 31.6 Å². The van der Waals surface area contributed by atoms with Crippen molar-refractivity contribution in [2.75, 3.05) is 5.73 Å². The van der Waals surface area contributed by atoms with Gasteiger partial charge in [-0.1, -0.05) is 0 Å². The Kier molecular flexibility index (Phi) is 3.31. The molecule has 3 rings (SSSR count). The molecule has 0 aliphatic carbocycles. The van der Waals surface area contributed by atoms with Gasteiger partial charge >= 0.3 is 6.18 Å². The van der Waals surface area contributed by atoms with Crippen LogP contribution in [0.2, 0.25) is 0 Å². The number of carbonyl (C=O) groups is 3. The van der Waals surface area contributed by atoms with Gasteiger partial charge in [-0.15, -0.1) is 0 Å². The van der Waals surface area contributed by atoms with Crippen molar-refractivity contribution in [3.05, 3.63) is 28.8 Å². The summed E-state index contributed by atoms with van der Waals surface area (Å²) in [5, 5.41) is 2.09. The number of nitrogen functional groups attached to an aromatic ring is 1. The Morgan fingerprint density at radius 1 is 1.22 bits per heavy atom. The number of anilines is 1. The van der Waals surface area contributed by atoms with Crippen LogP contribution in [0.5, 0.6) is 0 Å². The van der Waals surface area contributed by atoms with Crippen LogP contribution in [0.15, 0.2) is 12.1 Å². The van der Waals surface area contributed by atoms with Gasteiger partial charge in [-0.25, -0.2) is 0 Å². The first-order valence-corrected chi connectivity index (χ1v) is 6.82. The molecule has 0 saturated carbocycles. The van der Waals surface area contributed by atoms with Crippen molar-refractivity contribution < 1.29 is 27.6 Å². The maximum atomic E-state index is 13.1. The van der Waals surface area contributed by atoms with Crippen LogP contribution in [-0.4, -0.2) is 28.7 Å². The largest absolute Gasteiger partial charge is 0.416 e. The zero-order valence-electron chi connectivity index (χ0n) is 11.7. The van der Waals surface area contributed by atoms with E-state index in [-0.39, 0.29) is 36.2 Å². The van der Waals surface area contributed by atoms with Crippen LogP contribution in [0.25, 0.3) is 0 Å². The second-order valence-electron chi connectivity index (χ2n) is 5.49. The van der Waals surface area contributed by atoms with E-state index in [0.717, 1.165) is 11.0 Å². The zero-order chi connectivity index (χ0) is 16.9. The molecule has 122 valence electrons. The standard InChI is InChI=1S/C14H12F3N3O3/c15-14(16,17)9-4-6(18)3-7-8(9)5-20(13(7)23)10-1-2-11(21)19-12(10)22/h3-4,10H,1-2,5,18H2,(H,19,21,22). The minimum absolute atomic E-state index is 0.0325. The van der Waals surface area contributed by atoms with Crippen LogP contribution in [-0.2, 0) is 22.3 Å². The van der Waals surface area contributed by atoms with E-state index < -0.39 is 35.5 Å². The predicted octanol–water partition coefficient (Wildman–Crippen LogP) is 1.05. The van der Waals surface area contributed by atoms with Crippen molar-refractivity contribution in [3.8, 4) is 0 Å². The Labute approximate surface area is 128 Å². The molecule has 3 N–H and O–H groups in total. The normalized spacial score (nSPS) is 21.4. The number of nitrogens with one attached hydrogen (secondary N) is 1. The molecule has 23 heavy (non-hydrogen) atoms. The molecule has 2 aliphatic heterocycles. The number of halogens is 3. The van der Waals surface area contributed by atoms with E-state index in [4.69, 9.17) is 5.73 Å². The molecular weight excluding hydrogens is 315 g/mol. The molecule has 0 aromatic heterocycles. The van der Waals surface area contributed by atoms with E-state index >= 15 is 0 Å². The number of piperidine rings is 1. The molecule has 1 unspecified atom stereocenters. The monoisotopic (exact) mass is 327 g/mol. The maximum Gasteiger partial charge on any atom is 0.416 e. The molecule has 0 radical (unpaired) electrons. The van der Waals surface area contributed by atoms with Gasteiger partial charge in [0.15, 0.2) is 0 Å². The van der Waals surface area contributed by atoms with E-state index in [1.807, 2.05) is 0 Å². The van der Waals surface area contributed by atoms with Gasteiger partial charge in [0.05, 0.1) is 5.56 Å². The molecule has 6 nitrogen and oxygen atoms in total. The summed E-state index contributed by atoms with van der Waals surface area (Å²) < 4.78 is 39.4. The summed E-state index contributed by atoms with van der Waals surface area (Å²) in [5.74, 6) is -1.83. The molecule has 0 spiro atoms. The fraction of sp³-hybridized carbons (Fsp3) is 0.357. The van der Waals surface area contributed by atoms with Crippen LogP contribution >= 0.6 is 0 Å². The molecule has 9 heteroatoms. The van der Waals surface area contributed by atoms with Crippen molar-refractivity contribution in [3.63, 3.8) is 0 Å². The Hall–Kier alpha value is -2.58. The highest BCUT2D eigenvalue weighted by Gasteiger charge is 2.44. The summed E-state index contributed by atoms with van der Waals surface area (Å²) in [6, 6.07) is 0.994. The Bertz CT molecular complexity index is 730. The Balaban J connectivity index is 1.99. The summed E-state index contributed by atoms with van der Waals surface area (Å²) in [6.45, 7) is -0.338. The first-order chi connectivity index (χ1) is 10.7. The number of fused-ring (bicyclic) bond motifs is 1. The van der Waals surface area contributed by atoms with Gasteiger partial charge in [0.2, 0.25) is 11.8 Å². The Morgan fingerprint density at radius 2 is 1.91 bits per heavy atom. The van der Waals surface area contributed by atoms with Gasteiger partial charge < -0.3 is 10.6 Å². The maximum absolute atomic E-state index is 13.1. The molecule has 0 bridgehead atoms. The zero-order valence-corrected chi connectivity index (χ0v) is 11.7. The van der Waals surface area contributed by atoms with E-state index in [2.05, 4.69) is 5.32 Å².